The average Bonchev–Trinajstić information content (AvgIpc) is 2.59. The lowest BCUT2D eigenvalue weighted by atomic mass is 10.00. The predicted octanol–water partition coefficient (Wildman–Crippen LogP) is 4.22. The van der Waals surface area contributed by atoms with Crippen LogP contribution in [0.15, 0.2) is 18.2 Å². The number of anilines is 1. The molecule has 1 aliphatic heterocycles. The van der Waals surface area contributed by atoms with Gasteiger partial charge in [0.1, 0.15) is 11.6 Å². The lowest BCUT2D eigenvalue weighted by Gasteiger charge is -2.31. The fraction of sp³-hybridized carbons (Fsp3) is 0.600. The lowest BCUT2D eigenvalue weighted by molar-refractivity contribution is -0.139. The zero-order valence-electron chi connectivity index (χ0n) is 16.8. The van der Waals surface area contributed by atoms with Gasteiger partial charge in [0.2, 0.25) is 0 Å². The molecule has 1 aromatic carbocycles. The molecule has 29 heavy (non-hydrogen) atoms. The zero-order chi connectivity index (χ0) is 21.8. The van der Waals surface area contributed by atoms with Crippen LogP contribution in [-0.2, 0) is 22.1 Å². The number of hydrogen-bond donors (Lipinski definition) is 2. The minimum Gasteiger partial charge on any atom is -0.480 e. The van der Waals surface area contributed by atoms with Crippen LogP contribution in [0, 0.1) is 0 Å². The van der Waals surface area contributed by atoms with Gasteiger partial charge in [-0.15, -0.1) is 0 Å². The van der Waals surface area contributed by atoms with Crippen molar-refractivity contribution in [2.45, 2.75) is 64.3 Å². The van der Waals surface area contributed by atoms with Crippen LogP contribution in [0.1, 0.15) is 51.2 Å². The Morgan fingerprint density at radius 1 is 1.17 bits per heavy atom. The summed E-state index contributed by atoms with van der Waals surface area (Å²) in [6, 6.07) is 2.42. The van der Waals surface area contributed by atoms with Gasteiger partial charge in [0.05, 0.1) is 5.56 Å². The number of piperidine rings is 1. The van der Waals surface area contributed by atoms with Crippen molar-refractivity contribution in [1.82, 2.24) is 5.32 Å². The van der Waals surface area contributed by atoms with Gasteiger partial charge in [-0.05, 0) is 57.7 Å². The Bertz CT molecular complexity index is 738. The first-order valence-corrected chi connectivity index (χ1v) is 9.54. The second-order valence-corrected chi connectivity index (χ2v) is 8.14. The average molecular weight is 416 g/mol. The molecular weight excluding hydrogens is 389 g/mol. The highest BCUT2D eigenvalue weighted by Crippen LogP contribution is 2.38. The van der Waals surface area contributed by atoms with E-state index in [2.05, 4.69) is 5.32 Å². The summed E-state index contributed by atoms with van der Waals surface area (Å²) in [5, 5.41) is 11.6. The highest BCUT2D eigenvalue weighted by atomic mass is 19.4. The lowest BCUT2D eigenvalue weighted by Crippen LogP contribution is -2.44. The van der Waals surface area contributed by atoms with E-state index in [1.807, 2.05) is 0 Å². The number of benzene rings is 1. The number of alkyl halides is 3. The molecule has 1 amide bonds. The third kappa shape index (κ3) is 6.83. The summed E-state index contributed by atoms with van der Waals surface area (Å²) in [5.74, 6) is -1.36. The molecule has 0 radical (unpaired) electrons. The van der Waals surface area contributed by atoms with Crippen molar-refractivity contribution < 1.29 is 32.6 Å². The third-order valence-corrected chi connectivity index (χ3v) is 4.49. The molecular formula is C20H27F3N2O4. The van der Waals surface area contributed by atoms with Gasteiger partial charge >= 0.3 is 18.2 Å². The topological polar surface area (TPSA) is 78.9 Å². The van der Waals surface area contributed by atoms with Gasteiger partial charge in [-0.25, -0.2) is 9.59 Å². The van der Waals surface area contributed by atoms with E-state index >= 15 is 0 Å². The maximum absolute atomic E-state index is 13.6. The number of aliphatic carboxylic acids is 1. The number of carbonyl (C=O) groups is 2. The van der Waals surface area contributed by atoms with Crippen LogP contribution in [0.2, 0.25) is 0 Å². The van der Waals surface area contributed by atoms with Crippen molar-refractivity contribution in [3.63, 3.8) is 0 Å². The number of carboxylic acids is 1. The smallest absolute Gasteiger partial charge is 0.418 e. The first-order chi connectivity index (χ1) is 13.4. The van der Waals surface area contributed by atoms with Gasteiger partial charge in [0, 0.05) is 25.2 Å². The number of nitrogens with one attached hydrogen (secondary N) is 1. The van der Waals surface area contributed by atoms with E-state index in [4.69, 9.17) is 4.74 Å². The quantitative estimate of drug-likeness (QED) is 0.752. The molecule has 6 nitrogen and oxygen atoms in total. The molecule has 1 aliphatic rings. The van der Waals surface area contributed by atoms with E-state index in [1.165, 1.54) is 12.1 Å². The fourth-order valence-electron chi connectivity index (χ4n) is 3.23. The third-order valence-electron chi connectivity index (χ3n) is 4.49. The molecule has 0 saturated carbocycles. The summed E-state index contributed by atoms with van der Waals surface area (Å²) in [7, 11) is 0. The van der Waals surface area contributed by atoms with Gasteiger partial charge in [-0.2, -0.15) is 13.2 Å². The molecule has 1 saturated heterocycles. The van der Waals surface area contributed by atoms with Crippen molar-refractivity contribution in [3.8, 4) is 0 Å². The van der Waals surface area contributed by atoms with Crippen LogP contribution in [0.25, 0.3) is 0 Å². The van der Waals surface area contributed by atoms with E-state index in [0.717, 1.165) is 25.3 Å². The Hall–Kier alpha value is -2.45. The molecule has 162 valence electrons. The van der Waals surface area contributed by atoms with Gasteiger partial charge in [-0.3, -0.25) is 0 Å². The molecule has 1 atom stereocenters. The number of halogens is 3. The number of rotatable bonds is 5. The SMILES string of the molecule is CC(C)(C)OC(=O)NC(Cc1ccc(N2CCCCC2)c(C(F)(F)F)c1)C(=O)O. The molecule has 0 aromatic heterocycles. The Balaban J connectivity index is 2.23. The van der Waals surface area contributed by atoms with Gasteiger partial charge in [-0.1, -0.05) is 6.07 Å². The molecule has 9 heteroatoms. The Labute approximate surface area is 168 Å². The van der Waals surface area contributed by atoms with Crippen LogP contribution in [-0.4, -0.2) is 41.9 Å². The first kappa shape index (κ1) is 22.8. The van der Waals surface area contributed by atoms with Crippen LogP contribution in [0.5, 0.6) is 0 Å². The number of alkyl carbamates (subject to hydrolysis) is 1. The molecule has 1 aromatic rings. The number of hydrogen-bond acceptors (Lipinski definition) is 4. The second kappa shape index (κ2) is 8.92. The summed E-state index contributed by atoms with van der Waals surface area (Å²) in [6.07, 6.45) is -3.14. The molecule has 0 bridgehead atoms. The molecule has 1 fully saturated rings. The van der Waals surface area contributed by atoms with Crippen molar-refractivity contribution in [2.75, 3.05) is 18.0 Å². The second-order valence-electron chi connectivity index (χ2n) is 8.14. The van der Waals surface area contributed by atoms with Gasteiger partial charge < -0.3 is 20.1 Å². The molecule has 1 heterocycles. The Kier molecular flexibility index (Phi) is 7.02. The largest absolute Gasteiger partial charge is 0.480 e. The van der Waals surface area contributed by atoms with Crippen molar-refractivity contribution in [1.29, 1.82) is 0 Å². The minimum absolute atomic E-state index is 0.105. The van der Waals surface area contributed by atoms with Crippen molar-refractivity contribution >= 4 is 17.7 Å². The maximum Gasteiger partial charge on any atom is 0.418 e. The minimum atomic E-state index is -4.57. The molecule has 0 aliphatic carbocycles. The number of ether oxygens (including phenoxy) is 1. The standard InChI is InChI=1S/C20H27F3N2O4/c1-19(2,3)29-18(28)24-15(17(26)27)12-13-7-8-16(14(11-13)20(21,22)23)25-9-5-4-6-10-25/h7-8,11,15H,4-6,9-10,12H2,1-3H3,(H,24,28)(H,26,27). The zero-order valence-corrected chi connectivity index (χ0v) is 16.8. The fourth-order valence-corrected chi connectivity index (χ4v) is 3.23. The van der Waals surface area contributed by atoms with Crippen molar-refractivity contribution in [2.24, 2.45) is 0 Å². The summed E-state index contributed by atoms with van der Waals surface area (Å²) in [5.41, 5.74) is -1.35. The maximum atomic E-state index is 13.6. The number of carboxylic acid groups (broad SMARTS) is 1. The Morgan fingerprint density at radius 2 is 1.79 bits per heavy atom. The van der Waals surface area contributed by atoms with E-state index in [9.17, 15) is 27.9 Å². The predicted molar refractivity (Wildman–Crippen MR) is 102 cm³/mol. The summed E-state index contributed by atoms with van der Waals surface area (Å²) in [6.45, 7) is 5.98. The monoisotopic (exact) mass is 416 g/mol. The number of nitrogens with zero attached hydrogens (tertiary/aromatic N) is 1. The van der Waals surface area contributed by atoms with E-state index in [1.54, 1.807) is 25.7 Å². The van der Waals surface area contributed by atoms with E-state index < -0.39 is 35.4 Å². The van der Waals surface area contributed by atoms with E-state index in [-0.39, 0.29) is 17.7 Å². The summed E-state index contributed by atoms with van der Waals surface area (Å²) >= 11 is 0. The van der Waals surface area contributed by atoms with Crippen LogP contribution >= 0.6 is 0 Å². The van der Waals surface area contributed by atoms with Crippen molar-refractivity contribution in [3.05, 3.63) is 29.3 Å². The summed E-state index contributed by atoms with van der Waals surface area (Å²) < 4.78 is 46.0. The van der Waals surface area contributed by atoms with Crippen LogP contribution in [0.4, 0.5) is 23.7 Å². The van der Waals surface area contributed by atoms with Gasteiger partial charge in [0.15, 0.2) is 0 Å². The molecule has 1 unspecified atom stereocenters. The van der Waals surface area contributed by atoms with E-state index in [0.29, 0.717) is 13.1 Å². The number of amides is 1. The highest BCUT2D eigenvalue weighted by molar-refractivity contribution is 5.80. The highest BCUT2D eigenvalue weighted by Gasteiger charge is 2.36. The Morgan fingerprint density at radius 3 is 2.31 bits per heavy atom. The molecule has 2 rings (SSSR count). The first-order valence-electron chi connectivity index (χ1n) is 9.54. The molecule has 2 N–H and O–H groups in total. The molecule has 0 spiro atoms. The van der Waals surface area contributed by atoms with Crippen LogP contribution < -0.4 is 10.2 Å². The number of carbonyl (C=O) groups excluding carboxylic acids is 1. The summed E-state index contributed by atoms with van der Waals surface area (Å²) in [4.78, 5) is 25.1. The normalized spacial score (nSPS) is 16.3. The van der Waals surface area contributed by atoms with Crippen LogP contribution in [0.3, 0.4) is 0 Å². The van der Waals surface area contributed by atoms with Gasteiger partial charge in [0.25, 0.3) is 0 Å².